The van der Waals surface area contributed by atoms with Crippen LogP contribution in [0.4, 0.5) is 0 Å². The molecule has 0 saturated heterocycles. The smallest absolute Gasteiger partial charge is 0.232 e. The summed E-state index contributed by atoms with van der Waals surface area (Å²) in [6.45, 7) is 11.4. The second kappa shape index (κ2) is 8.07. The molecule has 0 aromatic heterocycles. The van der Waals surface area contributed by atoms with Crippen molar-refractivity contribution in [1.29, 1.82) is 0 Å². The molecule has 1 aliphatic rings. The van der Waals surface area contributed by atoms with Crippen molar-refractivity contribution in [2.45, 2.75) is 44.7 Å². The number of hydrogen-bond donors (Lipinski definition) is 2. The molecule has 0 aliphatic carbocycles. The van der Waals surface area contributed by atoms with Gasteiger partial charge in [0.2, 0.25) is 5.91 Å². The van der Waals surface area contributed by atoms with E-state index in [0.29, 0.717) is 0 Å². The second-order valence-electron chi connectivity index (χ2n) is 6.75. The van der Waals surface area contributed by atoms with Crippen LogP contribution in [-0.4, -0.2) is 30.5 Å². The average Bonchev–Trinajstić information content (AvgIpc) is 2.50. The molecule has 1 unspecified atom stereocenters. The van der Waals surface area contributed by atoms with Crippen LogP contribution >= 0.6 is 27.7 Å². The number of thioether (sulfide) groups is 1. The van der Waals surface area contributed by atoms with Crippen LogP contribution in [0.25, 0.3) is 0 Å². The van der Waals surface area contributed by atoms with Gasteiger partial charge in [0.05, 0.1) is 11.5 Å². The minimum absolute atomic E-state index is 0.0441. The zero-order chi connectivity index (χ0) is 17.9. The number of amides is 1. The van der Waals surface area contributed by atoms with Crippen molar-refractivity contribution in [3.63, 3.8) is 0 Å². The van der Waals surface area contributed by atoms with E-state index in [9.17, 15) is 4.79 Å². The lowest BCUT2D eigenvalue weighted by molar-refractivity contribution is -0.124. The van der Waals surface area contributed by atoms with E-state index in [1.54, 1.807) is 0 Å². The van der Waals surface area contributed by atoms with Gasteiger partial charge in [-0.05, 0) is 67.7 Å². The summed E-state index contributed by atoms with van der Waals surface area (Å²) in [6, 6.07) is 6.35. The molecule has 2 rings (SSSR count). The van der Waals surface area contributed by atoms with Gasteiger partial charge in [0.1, 0.15) is 0 Å². The Kier molecular flexibility index (Phi) is 6.57. The van der Waals surface area contributed by atoms with Gasteiger partial charge in [-0.2, -0.15) is 11.8 Å². The maximum absolute atomic E-state index is 12.9. The minimum atomic E-state index is -0.364. The molecule has 2 N–H and O–H groups in total. The first-order valence-electron chi connectivity index (χ1n) is 8.34. The van der Waals surface area contributed by atoms with Gasteiger partial charge in [0.15, 0.2) is 0 Å². The van der Waals surface area contributed by atoms with Crippen LogP contribution in [0, 0.1) is 0 Å². The molecule has 5 heteroatoms. The van der Waals surface area contributed by atoms with E-state index < -0.39 is 0 Å². The Bertz CT molecular complexity index is 630. The van der Waals surface area contributed by atoms with Gasteiger partial charge >= 0.3 is 0 Å². The van der Waals surface area contributed by atoms with E-state index in [4.69, 9.17) is 0 Å². The first-order chi connectivity index (χ1) is 11.3. The molecule has 0 saturated carbocycles. The summed E-state index contributed by atoms with van der Waals surface area (Å²) < 4.78 is 0.994. The van der Waals surface area contributed by atoms with Crippen LogP contribution in [0.15, 0.2) is 34.8 Å². The van der Waals surface area contributed by atoms with E-state index in [0.717, 1.165) is 39.9 Å². The average molecular weight is 411 g/mol. The molecule has 3 nitrogen and oxygen atoms in total. The highest BCUT2D eigenvalue weighted by Crippen LogP contribution is 2.40. The van der Waals surface area contributed by atoms with Crippen molar-refractivity contribution in [3.05, 3.63) is 46.0 Å². The molecule has 0 fully saturated rings. The van der Waals surface area contributed by atoms with Gasteiger partial charge in [-0.1, -0.05) is 35.5 Å². The van der Waals surface area contributed by atoms with E-state index in [1.807, 2.05) is 31.7 Å². The number of likely N-dealkylation sites (N-methyl/N-ethyl adjacent to an activating group) is 1. The molecular weight excluding hydrogens is 384 g/mol. The maximum atomic E-state index is 12.9. The molecule has 1 aromatic carbocycles. The van der Waals surface area contributed by atoms with Gasteiger partial charge < -0.3 is 10.6 Å². The third-order valence-corrected chi connectivity index (χ3v) is 5.71. The number of hydrogen-bond acceptors (Lipinski definition) is 3. The Morgan fingerprint density at radius 3 is 2.83 bits per heavy atom. The van der Waals surface area contributed by atoms with Crippen molar-refractivity contribution < 1.29 is 4.79 Å². The van der Waals surface area contributed by atoms with E-state index >= 15 is 0 Å². The van der Waals surface area contributed by atoms with Crippen LogP contribution in [0.5, 0.6) is 0 Å². The van der Waals surface area contributed by atoms with Crippen LogP contribution in [0.3, 0.4) is 0 Å². The van der Waals surface area contributed by atoms with Gasteiger partial charge in [0.25, 0.3) is 0 Å². The Morgan fingerprint density at radius 1 is 1.50 bits per heavy atom. The Morgan fingerprint density at radius 2 is 2.21 bits per heavy atom. The summed E-state index contributed by atoms with van der Waals surface area (Å²) >= 11 is 5.37. The van der Waals surface area contributed by atoms with Gasteiger partial charge in [-0.15, -0.1) is 0 Å². The number of halogens is 1. The zero-order valence-corrected chi connectivity index (χ0v) is 17.3. The lowest BCUT2D eigenvalue weighted by Crippen LogP contribution is -2.50. The van der Waals surface area contributed by atoms with Crippen molar-refractivity contribution >= 4 is 33.6 Å². The first-order valence-corrected chi connectivity index (χ1v) is 10.5. The molecular formula is C19H27BrN2OS. The third-order valence-electron chi connectivity index (χ3n) is 4.58. The van der Waals surface area contributed by atoms with Crippen LogP contribution in [0.2, 0.25) is 0 Å². The fraction of sp³-hybridized carbons (Fsp3) is 0.526. The number of carbonyl (C=O) groups is 1. The summed E-state index contributed by atoms with van der Waals surface area (Å²) in [5, 5.41) is 6.66. The molecule has 1 aliphatic heterocycles. The first kappa shape index (κ1) is 19.5. The molecule has 24 heavy (non-hydrogen) atoms. The van der Waals surface area contributed by atoms with Gasteiger partial charge in [-0.25, -0.2) is 0 Å². The largest absolute Gasteiger partial charge is 0.346 e. The van der Waals surface area contributed by atoms with Crippen LogP contribution in [0.1, 0.15) is 44.2 Å². The molecule has 0 radical (unpaired) electrons. The highest BCUT2D eigenvalue weighted by molar-refractivity contribution is 9.10. The molecule has 1 aromatic rings. The third kappa shape index (κ3) is 4.06. The predicted molar refractivity (Wildman–Crippen MR) is 108 cm³/mol. The molecule has 1 amide bonds. The number of benzene rings is 1. The van der Waals surface area contributed by atoms with Crippen LogP contribution < -0.4 is 10.6 Å². The monoisotopic (exact) mass is 410 g/mol. The van der Waals surface area contributed by atoms with Crippen molar-refractivity contribution in [2.75, 3.05) is 18.6 Å². The SMILES string of the molecule is C=C(C1C(=O)NC(C)(C)c2ccc(Br)cc21)[C@H](CCSC)NCC. The topological polar surface area (TPSA) is 41.1 Å². The molecule has 1 heterocycles. The number of carbonyl (C=O) groups excluding carboxylic acids is 1. The number of nitrogens with one attached hydrogen (secondary N) is 2. The van der Waals surface area contributed by atoms with Crippen molar-refractivity contribution in [2.24, 2.45) is 0 Å². The highest BCUT2D eigenvalue weighted by atomic mass is 79.9. The zero-order valence-electron chi connectivity index (χ0n) is 14.9. The van der Waals surface area contributed by atoms with Crippen molar-refractivity contribution in [3.8, 4) is 0 Å². The lowest BCUT2D eigenvalue weighted by atomic mass is 9.75. The quantitative estimate of drug-likeness (QED) is 0.662. The molecule has 0 spiro atoms. The molecule has 132 valence electrons. The molecule has 0 bridgehead atoms. The van der Waals surface area contributed by atoms with E-state index in [-0.39, 0.29) is 23.4 Å². The summed E-state index contributed by atoms with van der Waals surface area (Å²) in [6.07, 6.45) is 3.08. The highest BCUT2D eigenvalue weighted by Gasteiger charge is 2.40. The number of rotatable bonds is 7. The molecule has 2 atom stereocenters. The fourth-order valence-electron chi connectivity index (χ4n) is 3.40. The van der Waals surface area contributed by atoms with Gasteiger partial charge in [-0.3, -0.25) is 4.79 Å². The Hall–Kier alpha value is -0.780. The van der Waals surface area contributed by atoms with Crippen molar-refractivity contribution in [1.82, 2.24) is 10.6 Å². The second-order valence-corrected chi connectivity index (χ2v) is 8.65. The van der Waals surface area contributed by atoms with Crippen LogP contribution in [-0.2, 0) is 10.3 Å². The fourth-order valence-corrected chi connectivity index (χ4v) is 4.25. The summed E-state index contributed by atoms with van der Waals surface area (Å²) in [5.41, 5.74) is 2.82. The van der Waals surface area contributed by atoms with Gasteiger partial charge in [0, 0.05) is 10.5 Å². The van der Waals surface area contributed by atoms with E-state index in [2.05, 4.69) is 58.5 Å². The normalized spacial score (nSPS) is 20.2. The summed E-state index contributed by atoms with van der Waals surface area (Å²) in [4.78, 5) is 12.9. The van der Waals surface area contributed by atoms with E-state index in [1.165, 1.54) is 0 Å². The Balaban J connectivity index is 2.43. The summed E-state index contributed by atoms with van der Waals surface area (Å²) in [7, 11) is 0. The lowest BCUT2D eigenvalue weighted by Gasteiger charge is -2.39. The standard InChI is InChI=1S/C19H27BrN2OS/c1-6-21-16(9-10-24-5)12(2)17-14-11-13(20)7-8-15(14)19(3,4)22-18(17)23/h7-8,11,16-17,21H,2,6,9-10H2,1,3-5H3,(H,22,23)/t16-,17?/m0/s1. The maximum Gasteiger partial charge on any atom is 0.232 e. The Labute approximate surface area is 158 Å². The number of fused-ring (bicyclic) bond motifs is 1. The minimum Gasteiger partial charge on any atom is -0.346 e. The summed E-state index contributed by atoms with van der Waals surface area (Å²) in [5.74, 6) is 0.779. The predicted octanol–water partition coefficient (Wildman–Crippen LogP) is 4.19.